The lowest BCUT2D eigenvalue weighted by Crippen LogP contribution is -2.28. The number of nitrogens with zero attached hydrogens (tertiary/aromatic N) is 1. The molecule has 0 spiro atoms. The minimum Gasteiger partial charge on any atom is -0.348 e. The van der Waals surface area contributed by atoms with E-state index in [0.29, 0.717) is 28.2 Å². The van der Waals surface area contributed by atoms with E-state index in [4.69, 9.17) is 0 Å². The maximum atomic E-state index is 13.3. The molecular weight excluding hydrogens is 333 g/mol. The number of aromatic nitrogens is 2. The quantitative estimate of drug-likeness (QED) is 0.746. The molecule has 1 aromatic heterocycles. The molecule has 1 fully saturated rings. The highest BCUT2D eigenvalue weighted by atomic mass is 19.1. The lowest BCUT2D eigenvalue weighted by atomic mass is 10.0. The van der Waals surface area contributed by atoms with Crippen LogP contribution in [-0.4, -0.2) is 21.9 Å². The van der Waals surface area contributed by atoms with Crippen molar-refractivity contribution in [2.75, 3.05) is 0 Å². The second-order valence-corrected chi connectivity index (χ2v) is 7.12. The van der Waals surface area contributed by atoms with Crippen LogP contribution in [0.3, 0.4) is 0 Å². The lowest BCUT2D eigenvalue weighted by Gasteiger charge is -2.10. The van der Waals surface area contributed by atoms with Crippen LogP contribution in [0.25, 0.3) is 10.9 Å². The van der Waals surface area contributed by atoms with Crippen LogP contribution < -0.4 is 10.9 Å². The Morgan fingerprint density at radius 2 is 2.12 bits per heavy atom. The number of aryl methyl sites for hydroxylation is 1. The van der Waals surface area contributed by atoms with E-state index in [-0.39, 0.29) is 29.2 Å². The maximum absolute atomic E-state index is 13.3. The largest absolute Gasteiger partial charge is 0.348 e. The molecule has 2 aliphatic carbocycles. The van der Waals surface area contributed by atoms with Crippen LogP contribution >= 0.6 is 0 Å². The Labute approximate surface area is 148 Å². The van der Waals surface area contributed by atoms with Gasteiger partial charge in [0, 0.05) is 17.5 Å². The van der Waals surface area contributed by atoms with Crippen molar-refractivity contribution in [2.45, 2.75) is 25.3 Å². The molecule has 2 aromatic carbocycles. The van der Waals surface area contributed by atoms with Gasteiger partial charge in [0.25, 0.3) is 11.5 Å². The Morgan fingerprint density at radius 1 is 1.27 bits per heavy atom. The van der Waals surface area contributed by atoms with Crippen LogP contribution in [-0.2, 0) is 6.42 Å². The number of rotatable bonds is 2. The molecule has 3 aromatic rings. The SMILES string of the molecule is Cc1nc2cc(C(=O)NC3C4Cc5cc(F)ccc5C43)ccc2c(=O)[nH]1. The second kappa shape index (κ2) is 5.24. The molecule has 5 nitrogen and oxygen atoms in total. The summed E-state index contributed by atoms with van der Waals surface area (Å²) in [6, 6.07) is 9.91. The van der Waals surface area contributed by atoms with Crippen molar-refractivity contribution in [1.29, 1.82) is 0 Å². The van der Waals surface area contributed by atoms with E-state index in [9.17, 15) is 14.0 Å². The fourth-order valence-electron chi connectivity index (χ4n) is 4.21. The molecule has 0 bridgehead atoms. The van der Waals surface area contributed by atoms with Crippen molar-refractivity contribution < 1.29 is 9.18 Å². The van der Waals surface area contributed by atoms with Gasteiger partial charge in [-0.2, -0.15) is 0 Å². The Hall–Kier alpha value is -3.02. The molecule has 26 heavy (non-hydrogen) atoms. The molecule has 0 saturated heterocycles. The zero-order chi connectivity index (χ0) is 18.0. The van der Waals surface area contributed by atoms with E-state index in [1.165, 1.54) is 6.07 Å². The molecule has 5 rings (SSSR count). The van der Waals surface area contributed by atoms with E-state index >= 15 is 0 Å². The van der Waals surface area contributed by atoms with Gasteiger partial charge in [-0.25, -0.2) is 9.37 Å². The summed E-state index contributed by atoms with van der Waals surface area (Å²) in [6.45, 7) is 1.71. The average molecular weight is 349 g/mol. The molecular formula is C20H16FN3O2. The highest BCUT2D eigenvalue weighted by molar-refractivity contribution is 5.98. The van der Waals surface area contributed by atoms with Gasteiger partial charge in [0.1, 0.15) is 11.6 Å². The van der Waals surface area contributed by atoms with Gasteiger partial charge < -0.3 is 10.3 Å². The molecule has 1 heterocycles. The fourth-order valence-corrected chi connectivity index (χ4v) is 4.21. The van der Waals surface area contributed by atoms with Gasteiger partial charge in [-0.1, -0.05) is 6.07 Å². The van der Waals surface area contributed by atoms with Gasteiger partial charge in [-0.3, -0.25) is 9.59 Å². The van der Waals surface area contributed by atoms with Gasteiger partial charge in [0.05, 0.1) is 10.9 Å². The smallest absolute Gasteiger partial charge is 0.258 e. The fraction of sp³-hybridized carbons (Fsp3) is 0.250. The molecule has 0 radical (unpaired) electrons. The molecule has 1 saturated carbocycles. The summed E-state index contributed by atoms with van der Waals surface area (Å²) in [5.41, 5.74) is 2.98. The summed E-state index contributed by atoms with van der Waals surface area (Å²) >= 11 is 0. The summed E-state index contributed by atoms with van der Waals surface area (Å²) in [5.74, 6) is 0.757. The molecule has 0 aliphatic heterocycles. The van der Waals surface area contributed by atoms with Crippen LogP contribution in [0.15, 0.2) is 41.2 Å². The average Bonchev–Trinajstić information content (AvgIpc) is 3.10. The molecule has 2 N–H and O–H groups in total. The van der Waals surface area contributed by atoms with E-state index in [1.807, 2.05) is 6.07 Å². The molecule has 3 unspecified atom stereocenters. The predicted octanol–water partition coefficient (Wildman–Crippen LogP) is 2.44. The number of hydrogen-bond donors (Lipinski definition) is 2. The number of H-pyrrole nitrogens is 1. The van der Waals surface area contributed by atoms with Gasteiger partial charge in [-0.15, -0.1) is 0 Å². The first-order chi connectivity index (χ1) is 12.5. The lowest BCUT2D eigenvalue weighted by molar-refractivity contribution is 0.0948. The van der Waals surface area contributed by atoms with Crippen LogP contribution in [0.5, 0.6) is 0 Å². The van der Waals surface area contributed by atoms with Crippen molar-refractivity contribution in [3.8, 4) is 0 Å². The number of fused-ring (bicyclic) bond motifs is 4. The van der Waals surface area contributed by atoms with Gasteiger partial charge in [0.15, 0.2) is 0 Å². The zero-order valence-electron chi connectivity index (χ0n) is 14.0. The summed E-state index contributed by atoms with van der Waals surface area (Å²) in [5, 5.41) is 3.54. The van der Waals surface area contributed by atoms with Crippen LogP contribution in [0, 0.1) is 18.7 Å². The molecule has 2 aliphatic rings. The van der Waals surface area contributed by atoms with Gasteiger partial charge in [-0.05, 0) is 60.7 Å². The van der Waals surface area contributed by atoms with Crippen LogP contribution in [0.4, 0.5) is 4.39 Å². The monoisotopic (exact) mass is 349 g/mol. The van der Waals surface area contributed by atoms with E-state index in [2.05, 4.69) is 15.3 Å². The minimum atomic E-state index is -0.209. The zero-order valence-corrected chi connectivity index (χ0v) is 14.0. The first kappa shape index (κ1) is 15.3. The topological polar surface area (TPSA) is 74.8 Å². The first-order valence-corrected chi connectivity index (χ1v) is 8.61. The van der Waals surface area contributed by atoms with Crippen molar-refractivity contribution in [1.82, 2.24) is 15.3 Å². The third-order valence-corrected chi connectivity index (χ3v) is 5.47. The third kappa shape index (κ3) is 2.25. The summed E-state index contributed by atoms with van der Waals surface area (Å²) in [7, 11) is 0. The maximum Gasteiger partial charge on any atom is 0.258 e. The van der Waals surface area contributed by atoms with E-state index in [0.717, 1.165) is 17.5 Å². The van der Waals surface area contributed by atoms with Gasteiger partial charge in [0.2, 0.25) is 0 Å². The number of carbonyl (C=O) groups is 1. The minimum absolute atomic E-state index is 0.0880. The highest BCUT2D eigenvalue weighted by Gasteiger charge is 2.56. The summed E-state index contributed by atoms with van der Waals surface area (Å²) in [6.07, 6.45) is 0.802. The predicted molar refractivity (Wildman–Crippen MR) is 94.7 cm³/mol. The standard InChI is InChI=1S/C20H16FN3O2/c1-9-22-16-8-10(2-4-14(16)20(26)23-9)19(25)24-18-15-7-11-6-12(21)3-5-13(11)17(15)18/h2-6,8,15,17-18H,7H2,1H3,(H,24,25)(H,22,23,26). The molecule has 3 atom stereocenters. The number of aromatic amines is 1. The second-order valence-electron chi connectivity index (χ2n) is 7.12. The summed E-state index contributed by atoms with van der Waals surface area (Å²) < 4.78 is 13.3. The first-order valence-electron chi connectivity index (χ1n) is 8.61. The highest BCUT2D eigenvalue weighted by Crippen LogP contribution is 2.56. The molecule has 1 amide bonds. The third-order valence-electron chi connectivity index (χ3n) is 5.47. The number of nitrogens with one attached hydrogen (secondary N) is 2. The Morgan fingerprint density at radius 3 is 2.96 bits per heavy atom. The molecule has 130 valence electrons. The van der Waals surface area contributed by atoms with E-state index in [1.54, 1.807) is 31.2 Å². The number of amides is 1. The number of benzene rings is 2. The Kier molecular flexibility index (Phi) is 3.07. The van der Waals surface area contributed by atoms with Crippen molar-refractivity contribution >= 4 is 16.8 Å². The normalized spacial score (nSPS) is 22.8. The van der Waals surface area contributed by atoms with Crippen LogP contribution in [0.1, 0.15) is 33.2 Å². The van der Waals surface area contributed by atoms with Crippen molar-refractivity contribution in [3.05, 3.63) is 75.1 Å². The number of halogens is 1. The van der Waals surface area contributed by atoms with Crippen molar-refractivity contribution in [2.24, 2.45) is 5.92 Å². The summed E-state index contributed by atoms with van der Waals surface area (Å²) in [4.78, 5) is 31.5. The number of carbonyl (C=O) groups excluding carboxylic acids is 1. The molecule has 6 heteroatoms. The van der Waals surface area contributed by atoms with Crippen LogP contribution in [0.2, 0.25) is 0 Å². The van der Waals surface area contributed by atoms with Crippen molar-refractivity contribution in [3.63, 3.8) is 0 Å². The Bertz CT molecular complexity index is 1140. The van der Waals surface area contributed by atoms with Gasteiger partial charge >= 0.3 is 0 Å². The van der Waals surface area contributed by atoms with E-state index < -0.39 is 0 Å². The Balaban J connectivity index is 1.38. The number of hydrogen-bond acceptors (Lipinski definition) is 3.